The van der Waals surface area contributed by atoms with Gasteiger partial charge in [0, 0.05) is 16.3 Å². The number of aromatic hydroxyl groups is 1. The summed E-state index contributed by atoms with van der Waals surface area (Å²) in [7, 11) is 0. The highest BCUT2D eigenvalue weighted by atomic mass is 16.3. The van der Waals surface area contributed by atoms with E-state index in [4.69, 9.17) is 0 Å². The van der Waals surface area contributed by atoms with Crippen molar-refractivity contribution in [2.45, 2.75) is 0 Å². The Hall–Kier alpha value is -3.24. The average molecular weight is 294 g/mol. The molecule has 1 N–H and O–H groups in total. The van der Waals surface area contributed by atoms with Gasteiger partial charge >= 0.3 is 0 Å². The van der Waals surface area contributed by atoms with E-state index in [2.05, 4.69) is 17.9 Å². The second-order valence-corrected chi connectivity index (χ2v) is 5.43. The van der Waals surface area contributed by atoms with Crippen molar-refractivity contribution >= 4 is 21.5 Å². The minimum absolute atomic E-state index is 0.253. The van der Waals surface area contributed by atoms with Crippen molar-refractivity contribution < 1.29 is 5.11 Å². The summed E-state index contributed by atoms with van der Waals surface area (Å²) in [5.41, 5.74) is 1.62. The van der Waals surface area contributed by atoms with Gasteiger partial charge in [0.05, 0.1) is 5.56 Å². The Balaban J connectivity index is 2.05. The second kappa shape index (κ2) is 5.51. The van der Waals surface area contributed by atoms with E-state index in [1.165, 1.54) is 0 Å². The Morgan fingerprint density at radius 3 is 1.74 bits per heavy atom. The first-order valence-corrected chi connectivity index (χ1v) is 7.54. The lowest BCUT2D eigenvalue weighted by atomic mass is 9.96. The molecule has 0 aliphatic rings. The predicted molar refractivity (Wildman–Crippen MR) is 95.5 cm³/mol. The Morgan fingerprint density at radius 2 is 1.04 bits per heavy atom. The summed E-state index contributed by atoms with van der Waals surface area (Å²) in [6, 6.07) is 25.8. The number of hydrogen-bond donors (Lipinski definition) is 1. The van der Waals surface area contributed by atoms with E-state index in [0.717, 1.165) is 27.1 Å². The van der Waals surface area contributed by atoms with Crippen molar-refractivity contribution in [2.24, 2.45) is 0 Å². The Labute approximate surface area is 134 Å². The minimum Gasteiger partial charge on any atom is -0.506 e. The fourth-order valence-corrected chi connectivity index (χ4v) is 2.91. The maximum atomic E-state index is 10.7. The smallest absolute Gasteiger partial charge is 0.139 e. The van der Waals surface area contributed by atoms with Crippen LogP contribution >= 0.6 is 0 Å². The highest BCUT2D eigenvalue weighted by Crippen LogP contribution is 2.36. The third-order valence-corrected chi connectivity index (χ3v) is 4.01. The second-order valence-electron chi connectivity index (χ2n) is 5.43. The van der Waals surface area contributed by atoms with Gasteiger partial charge in [0.1, 0.15) is 5.75 Å². The molecular formula is C22H14O. The van der Waals surface area contributed by atoms with E-state index in [9.17, 15) is 5.11 Å². The van der Waals surface area contributed by atoms with E-state index in [-0.39, 0.29) is 5.75 Å². The molecule has 0 atom stereocenters. The lowest BCUT2D eigenvalue weighted by molar-refractivity contribution is 0.481. The fourth-order valence-electron chi connectivity index (χ4n) is 2.91. The van der Waals surface area contributed by atoms with Crippen LogP contribution in [0, 0.1) is 11.8 Å². The minimum atomic E-state index is 0.253. The molecule has 4 rings (SSSR count). The Bertz CT molecular complexity index is 1070. The van der Waals surface area contributed by atoms with Gasteiger partial charge in [0.2, 0.25) is 0 Å². The van der Waals surface area contributed by atoms with Crippen LogP contribution in [0.4, 0.5) is 0 Å². The monoisotopic (exact) mass is 294 g/mol. The molecule has 0 bridgehead atoms. The standard InChI is InChI=1S/C22H14O/c23-22-20-13-7-6-11-18(20)17-10-4-5-12-19(17)21(22)15-14-16-8-2-1-3-9-16/h1-13,23H. The zero-order valence-electron chi connectivity index (χ0n) is 12.5. The summed E-state index contributed by atoms with van der Waals surface area (Å²) in [5, 5.41) is 14.7. The van der Waals surface area contributed by atoms with Crippen molar-refractivity contribution in [3.8, 4) is 17.6 Å². The highest BCUT2D eigenvalue weighted by Gasteiger charge is 2.11. The molecule has 0 radical (unpaired) electrons. The zero-order valence-corrected chi connectivity index (χ0v) is 12.5. The summed E-state index contributed by atoms with van der Waals surface area (Å²) in [6.45, 7) is 0. The fraction of sp³-hybridized carbons (Fsp3) is 0. The Morgan fingerprint density at radius 1 is 0.522 bits per heavy atom. The molecular weight excluding hydrogens is 280 g/mol. The van der Waals surface area contributed by atoms with Gasteiger partial charge in [-0.2, -0.15) is 0 Å². The number of phenols is 1. The van der Waals surface area contributed by atoms with E-state index < -0.39 is 0 Å². The van der Waals surface area contributed by atoms with Crippen molar-refractivity contribution in [3.05, 3.63) is 90.0 Å². The maximum Gasteiger partial charge on any atom is 0.139 e. The maximum absolute atomic E-state index is 10.7. The molecule has 0 aliphatic heterocycles. The topological polar surface area (TPSA) is 20.2 Å². The first kappa shape index (κ1) is 13.4. The molecule has 0 aromatic heterocycles. The van der Waals surface area contributed by atoms with Gasteiger partial charge in [0.15, 0.2) is 0 Å². The molecule has 1 heteroatoms. The molecule has 0 saturated heterocycles. The number of phenolic OH excluding ortho intramolecular Hbond substituents is 1. The molecule has 4 aromatic rings. The van der Waals surface area contributed by atoms with Crippen LogP contribution in [0.5, 0.6) is 5.75 Å². The SMILES string of the molecule is Oc1c(C#Cc2ccccc2)c2ccccc2c2ccccc12. The van der Waals surface area contributed by atoms with Crippen LogP contribution in [0.2, 0.25) is 0 Å². The lowest BCUT2D eigenvalue weighted by Crippen LogP contribution is -1.86. The number of rotatable bonds is 0. The van der Waals surface area contributed by atoms with E-state index >= 15 is 0 Å². The zero-order chi connectivity index (χ0) is 15.6. The van der Waals surface area contributed by atoms with Gasteiger partial charge in [-0.25, -0.2) is 0 Å². The highest BCUT2D eigenvalue weighted by molar-refractivity contribution is 6.13. The third-order valence-electron chi connectivity index (χ3n) is 4.01. The largest absolute Gasteiger partial charge is 0.506 e. The van der Waals surface area contributed by atoms with Crippen LogP contribution < -0.4 is 0 Å². The van der Waals surface area contributed by atoms with Gasteiger partial charge in [-0.1, -0.05) is 78.6 Å². The summed E-state index contributed by atoms with van der Waals surface area (Å²) >= 11 is 0. The van der Waals surface area contributed by atoms with Crippen LogP contribution in [0.3, 0.4) is 0 Å². The van der Waals surface area contributed by atoms with Crippen LogP contribution in [0.15, 0.2) is 78.9 Å². The van der Waals surface area contributed by atoms with Gasteiger partial charge in [-0.05, 0) is 22.9 Å². The van der Waals surface area contributed by atoms with Gasteiger partial charge in [-0.3, -0.25) is 0 Å². The third kappa shape index (κ3) is 2.31. The van der Waals surface area contributed by atoms with Crippen LogP contribution in [-0.4, -0.2) is 5.11 Å². The van der Waals surface area contributed by atoms with Gasteiger partial charge in [-0.15, -0.1) is 0 Å². The molecule has 1 nitrogen and oxygen atoms in total. The average Bonchev–Trinajstić information content (AvgIpc) is 2.63. The quantitative estimate of drug-likeness (QED) is 0.353. The molecule has 0 spiro atoms. The van der Waals surface area contributed by atoms with E-state index in [1.54, 1.807) is 0 Å². The summed E-state index contributed by atoms with van der Waals surface area (Å²) in [4.78, 5) is 0. The molecule has 0 unspecified atom stereocenters. The number of benzene rings is 4. The molecule has 23 heavy (non-hydrogen) atoms. The van der Waals surface area contributed by atoms with Crippen molar-refractivity contribution in [3.63, 3.8) is 0 Å². The normalized spacial score (nSPS) is 10.4. The van der Waals surface area contributed by atoms with Crippen molar-refractivity contribution in [2.75, 3.05) is 0 Å². The van der Waals surface area contributed by atoms with E-state index in [0.29, 0.717) is 5.56 Å². The van der Waals surface area contributed by atoms with Gasteiger partial charge < -0.3 is 5.11 Å². The summed E-state index contributed by atoms with van der Waals surface area (Å²) < 4.78 is 0. The molecule has 0 fully saturated rings. The molecule has 0 saturated carbocycles. The summed E-state index contributed by atoms with van der Waals surface area (Å²) in [6.07, 6.45) is 0. The Kier molecular flexibility index (Phi) is 3.22. The van der Waals surface area contributed by atoms with Crippen molar-refractivity contribution in [1.82, 2.24) is 0 Å². The first-order chi connectivity index (χ1) is 11.3. The van der Waals surface area contributed by atoms with Crippen LogP contribution in [0.1, 0.15) is 11.1 Å². The molecule has 0 amide bonds. The first-order valence-electron chi connectivity index (χ1n) is 7.54. The molecule has 0 heterocycles. The van der Waals surface area contributed by atoms with Crippen LogP contribution in [0.25, 0.3) is 21.5 Å². The molecule has 0 aliphatic carbocycles. The van der Waals surface area contributed by atoms with Gasteiger partial charge in [0.25, 0.3) is 0 Å². The molecule has 4 aromatic carbocycles. The summed E-state index contributed by atoms with van der Waals surface area (Å²) in [5.74, 6) is 6.57. The van der Waals surface area contributed by atoms with Crippen molar-refractivity contribution in [1.29, 1.82) is 0 Å². The van der Waals surface area contributed by atoms with Crippen LogP contribution in [-0.2, 0) is 0 Å². The molecule has 108 valence electrons. The lowest BCUT2D eigenvalue weighted by Gasteiger charge is -2.09. The van der Waals surface area contributed by atoms with E-state index in [1.807, 2.05) is 72.8 Å². The number of hydrogen-bond acceptors (Lipinski definition) is 1. The predicted octanol–water partition coefficient (Wildman–Crippen LogP) is 5.10. The number of fused-ring (bicyclic) bond motifs is 3.